The van der Waals surface area contributed by atoms with Gasteiger partial charge in [-0.1, -0.05) is 32.0 Å². The van der Waals surface area contributed by atoms with Crippen LogP contribution in [0, 0.1) is 11.8 Å². The van der Waals surface area contributed by atoms with E-state index in [-0.39, 0.29) is 6.84 Å². The van der Waals surface area contributed by atoms with Crippen molar-refractivity contribution in [1.82, 2.24) is 4.90 Å². The summed E-state index contributed by atoms with van der Waals surface area (Å²) >= 11 is 0. The summed E-state index contributed by atoms with van der Waals surface area (Å²) in [5.41, 5.74) is 2.19. The molecule has 2 aliphatic heterocycles. The number of hydrogen-bond donors (Lipinski definition) is 1. The summed E-state index contributed by atoms with van der Waals surface area (Å²) in [4.78, 5) is 16.0. The molecule has 4 nitrogen and oxygen atoms in total. The van der Waals surface area contributed by atoms with E-state index >= 15 is 0 Å². The maximum absolute atomic E-state index is 11.7. The van der Waals surface area contributed by atoms with Crippen molar-refractivity contribution < 1.29 is 11.3 Å². The van der Waals surface area contributed by atoms with E-state index in [1.807, 2.05) is 12.1 Å². The molecule has 1 spiro atoms. The predicted octanol–water partition coefficient (Wildman–Crippen LogP) is 4.98. The van der Waals surface area contributed by atoms with E-state index in [1.165, 1.54) is 31.2 Å². The molecule has 2 heterocycles. The van der Waals surface area contributed by atoms with Crippen LogP contribution in [-0.4, -0.2) is 41.8 Å². The Morgan fingerprint density at radius 1 is 1.15 bits per heavy atom. The third-order valence-electron chi connectivity index (χ3n) is 7.41. The second-order valence-corrected chi connectivity index (χ2v) is 9.01. The highest BCUT2D eigenvalue weighted by atomic mass is 16.4. The summed E-state index contributed by atoms with van der Waals surface area (Å²) in [5.74, 6) is 1.73. The molecule has 144 valence electrons. The Bertz CT molecular complexity index is 662. The Morgan fingerprint density at radius 2 is 1.81 bits per heavy atom. The zero-order valence-electron chi connectivity index (χ0n) is 16.2. The van der Waals surface area contributed by atoms with Gasteiger partial charge < -0.3 is 10.0 Å². The molecule has 3 aliphatic rings. The van der Waals surface area contributed by atoms with Gasteiger partial charge in [0.2, 0.25) is 0 Å². The number of hydrogen-bond acceptors (Lipinski definition) is 2. The third-order valence-corrected chi connectivity index (χ3v) is 7.41. The fraction of sp³-hybridized carbons (Fsp3) is 0.682. The SMILES string of the molecule is CC(C)C1CCC(N2CCC3(CC2)CN(C(=O)O)c2ccccc23)CC1.[HH]. The van der Waals surface area contributed by atoms with Gasteiger partial charge in [0.1, 0.15) is 0 Å². The number of carbonyl (C=O) groups is 1. The highest BCUT2D eigenvalue weighted by Gasteiger charge is 2.47. The number of fused-ring (bicyclic) bond motifs is 2. The van der Waals surface area contributed by atoms with Crippen LogP contribution in [0.4, 0.5) is 10.5 Å². The van der Waals surface area contributed by atoms with Crippen LogP contribution in [0.5, 0.6) is 0 Å². The zero-order valence-corrected chi connectivity index (χ0v) is 16.2. The number of para-hydroxylation sites is 1. The first-order valence-corrected chi connectivity index (χ1v) is 10.3. The average Bonchev–Trinajstić information content (AvgIpc) is 2.97. The van der Waals surface area contributed by atoms with Crippen molar-refractivity contribution in [2.45, 2.75) is 63.8 Å². The molecule has 0 atom stereocenters. The fourth-order valence-corrected chi connectivity index (χ4v) is 5.68. The first kappa shape index (κ1) is 17.8. The van der Waals surface area contributed by atoms with Crippen molar-refractivity contribution in [3.63, 3.8) is 0 Å². The summed E-state index contributed by atoms with van der Waals surface area (Å²) < 4.78 is 0. The minimum absolute atomic E-state index is 0. The van der Waals surface area contributed by atoms with Gasteiger partial charge >= 0.3 is 6.09 Å². The molecule has 1 N–H and O–H groups in total. The van der Waals surface area contributed by atoms with Crippen molar-refractivity contribution in [2.75, 3.05) is 24.5 Å². The molecule has 0 radical (unpaired) electrons. The summed E-state index contributed by atoms with van der Waals surface area (Å²) in [5, 5.41) is 9.61. The van der Waals surface area contributed by atoms with Crippen LogP contribution < -0.4 is 4.90 Å². The van der Waals surface area contributed by atoms with Crippen LogP contribution in [0.1, 0.15) is 59.4 Å². The van der Waals surface area contributed by atoms with Crippen LogP contribution in [0.25, 0.3) is 0 Å². The second kappa shape index (κ2) is 6.88. The lowest BCUT2D eigenvalue weighted by atomic mass is 9.73. The third kappa shape index (κ3) is 3.02. The summed E-state index contributed by atoms with van der Waals surface area (Å²) in [6.07, 6.45) is 6.78. The number of anilines is 1. The van der Waals surface area contributed by atoms with Crippen LogP contribution >= 0.6 is 0 Å². The van der Waals surface area contributed by atoms with Gasteiger partial charge in [0.05, 0.1) is 5.69 Å². The number of amides is 1. The van der Waals surface area contributed by atoms with Crippen molar-refractivity contribution >= 4 is 11.8 Å². The summed E-state index contributed by atoms with van der Waals surface area (Å²) in [6, 6.07) is 8.88. The molecule has 1 saturated heterocycles. The number of nitrogens with zero attached hydrogens (tertiary/aromatic N) is 2. The van der Waals surface area contributed by atoms with Gasteiger partial charge in [0, 0.05) is 19.4 Å². The van der Waals surface area contributed by atoms with E-state index in [0.717, 1.165) is 49.5 Å². The molecule has 1 aliphatic carbocycles. The van der Waals surface area contributed by atoms with Crippen molar-refractivity contribution in [3.05, 3.63) is 29.8 Å². The molecular weight excluding hydrogens is 324 g/mol. The Hall–Kier alpha value is -1.55. The molecule has 4 rings (SSSR count). The molecule has 26 heavy (non-hydrogen) atoms. The van der Waals surface area contributed by atoms with Crippen LogP contribution in [-0.2, 0) is 5.41 Å². The first-order valence-electron chi connectivity index (χ1n) is 10.3. The maximum Gasteiger partial charge on any atom is 0.411 e. The molecule has 0 aromatic heterocycles. The molecule has 4 heteroatoms. The van der Waals surface area contributed by atoms with Crippen molar-refractivity contribution in [3.8, 4) is 0 Å². The molecule has 0 unspecified atom stereocenters. The highest BCUT2D eigenvalue weighted by Crippen LogP contribution is 2.47. The molecule has 0 bridgehead atoms. The Balaban J connectivity index is 0.00000210. The Kier molecular flexibility index (Phi) is 4.72. The van der Waals surface area contributed by atoms with E-state index in [0.29, 0.717) is 6.54 Å². The normalized spacial score (nSPS) is 28.5. The molecule has 1 aromatic rings. The molecule has 1 saturated carbocycles. The zero-order chi connectivity index (χ0) is 18.3. The van der Waals surface area contributed by atoms with E-state index in [9.17, 15) is 9.90 Å². The lowest BCUT2D eigenvalue weighted by molar-refractivity contribution is 0.0792. The lowest BCUT2D eigenvalue weighted by Gasteiger charge is -2.45. The monoisotopic (exact) mass is 358 g/mol. The van der Waals surface area contributed by atoms with E-state index in [2.05, 4.69) is 30.9 Å². The Labute approximate surface area is 158 Å². The minimum atomic E-state index is -0.816. The van der Waals surface area contributed by atoms with E-state index < -0.39 is 6.09 Å². The van der Waals surface area contributed by atoms with E-state index in [1.54, 1.807) is 4.90 Å². The fourth-order valence-electron chi connectivity index (χ4n) is 5.68. The van der Waals surface area contributed by atoms with Gasteiger partial charge in [-0.15, -0.1) is 0 Å². The van der Waals surface area contributed by atoms with Crippen molar-refractivity contribution in [1.29, 1.82) is 0 Å². The topological polar surface area (TPSA) is 43.8 Å². The van der Waals surface area contributed by atoms with E-state index in [4.69, 9.17) is 0 Å². The van der Waals surface area contributed by atoms with Crippen LogP contribution in [0.15, 0.2) is 24.3 Å². The Morgan fingerprint density at radius 3 is 2.42 bits per heavy atom. The quantitative estimate of drug-likeness (QED) is 0.811. The number of likely N-dealkylation sites (tertiary alicyclic amines) is 1. The van der Waals surface area contributed by atoms with Crippen LogP contribution in [0.2, 0.25) is 0 Å². The van der Waals surface area contributed by atoms with Gasteiger partial charge in [-0.25, -0.2) is 4.79 Å². The number of rotatable bonds is 2. The highest BCUT2D eigenvalue weighted by molar-refractivity contribution is 5.90. The number of benzene rings is 1. The molecular formula is C22H34N2O2. The lowest BCUT2D eigenvalue weighted by Crippen LogP contribution is -2.49. The first-order chi connectivity index (χ1) is 12.5. The van der Waals surface area contributed by atoms with Crippen LogP contribution in [0.3, 0.4) is 0 Å². The molecule has 1 amide bonds. The minimum Gasteiger partial charge on any atom is -0.465 e. The van der Waals surface area contributed by atoms with Gasteiger partial charge in [0.15, 0.2) is 0 Å². The average molecular weight is 359 g/mol. The smallest absolute Gasteiger partial charge is 0.411 e. The number of carboxylic acid groups (broad SMARTS) is 1. The summed E-state index contributed by atoms with van der Waals surface area (Å²) in [7, 11) is 0. The van der Waals surface area contributed by atoms with Gasteiger partial charge in [-0.3, -0.25) is 4.90 Å². The second-order valence-electron chi connectivity index (χ2n) is 9.01. The van der Waals surface area contributed by atoms with Gasteiger partial charge in [-0.05, 0) is 75.1 Å². The standard InChI is InChI=1S/C22H32N2O2.H2/c1-16(2)17-7-9-18(10-8-17)23-13-11-22(12-14-23)15-24(21(25)26)20-6-4-3-5-19(20)22;/h3-6,16-18H,7-15H2,1-2H3,(H,25,26);1H. The maximum atomic E-state index is 11.7. The number of piperidine rings is 1. The predicted molar refractivity (Wildman–Crippen MR) is 107 cm³/mol. The molecule has 2 fully saturated rings. The van der Waals surface area contributed by atoms with Gasteiger partial charge in [0.25, 0.3) is 0 Å². The summed E-state index contributed by atoms with van der Waals surface area (Å²) in [6.45, 7) is 7.58. The van der Waals surface area contributed by atoms with Gasteiger partial charge in [-0.2, -0.15) is 0 Å². The largest absolute Gasteiger partial charge is 0.465 e. The van der Waals surface area contributed by atoms with Crippen molar-refractivity contribution in [2.24, 2.45) is 11.8 Å². The molecule has 1 aromatic carbocycles.